The molecule has 3 atom stereocenters. The number of rotatable bonds is 4. The van der Waals surface area contributed by atoms with Crippen molar-refractivity contribution in [2.45, 2.75) is 38.5 Å². The SMILES string of the molecule is COc1ccccc1NC(=O)N[C@@H]1C[C@H]2CO[C@H](C(C)C)CN2C1.O=CO. The molecule has 8 heteroatoms. The monoisotopic (exact) mass is 379 g/mol. The van der Waals surface area contributed by atoms with Crippen LogP contribution < -0.4 is 15.4 Å². The molecule has 0 unspecified atom stereocenters. The molecule has 2 aliphatic rings. The Morgan fingerprint density at radius 3 is 2.74 bits per heavy atom. The number of hydrogen-bond donors (Lipinski definition) is 3. The average molecular weight is 379 g/mol. The maximum absolute atomic E-state index is 12.3. The Hall–Kier alpha value is -2.32. The molecule has 0 aromatic heterocycles. The first-order valence-corrected chi connectivity index (χ1v) is 9.12. The third-order valence-corrected chi connectivity index (χ3v) is 4.88. The van der Waals surface area contributed by atoms with E-state index >= 15 is 0 Å². The van der Waals surface area contributed by atoms with E-state index in [0.717, 1.165) is 26.1 Å². The van der Waals surface area contributed by atoms with Crippen molar-refractivity contribution in [2.24, 2.45) is 5.92 Å². The van der Waals surface area contributed by atoms with Gasteiger partial charge >= 0.3 is 6.03 Å². The lowest BCUT2D eigenvalue weighted by Gasteiger charge is -2.36. The molecule has 0 spiro atoms. The zero-order valence-electron chi connectivity index (χ0n) is 16.1. The van der Waals surface area contributed by atoms with E-state index in [0.29, 0.717) is 29.5 Å². The maximum atomic E-state index is 12.3. The molecule has 0 bridgehead atoms. The highest BCUT2D eigenvalue weighted by Gasteiger charge is 2.38. The lowest BCUT2D eigenvalue weighted by Crippen LogP contribution is -2.48. The summed E-state index contributed by atoms with van der Waals surface area (Å²) in [5, 5.41) is 12.8. The first-order valence-electron chi connectivity index (χ1n) is 9.12. The predicted molar refractivity (Wildman–Crippen MR) is 102 cm³/mol. The molecule has 8 nitrogen and oxygen atoms in total. The molecule has 2 heterocycles. The van der Waals surface area contributed by atoms with Crippen molar-refractivity contribution in [3.8, 4) is 5.75 Å². The number of para-hydroxylation sites is 2. The minimum atomic E-state index is -0.250. The summed E-state index contributed by atoms with van der Waals surface area (Å²) >= 11 is 0. The molecule has 3 rings (SSSR count). The number of morpholine rings is 1. The van der Waals surface area contributed by atoms with E-state index in [1.807, 2.05) is 24.3 Å². The van der Waals surface area contributed by atoms with Crippen LogP contribution in [0.1, 0.15) is 20.3 Å². The number of fused-ring (bicyclic) bond motifs is 1. The molecular weight excluding hydrogens is 350 g/mol. The van der Waals surface area contributed by atoms with Gasteiger partial charge in [-0.15, -0.1) is 0 Å². The number of carboxylic acid groups (broad SMARTS) is 1. The molecule has 2 amide bonds. The van der Waals surface area contributed by atoms with Crippen molar-refractivity contribution >= 4 is 18.2 Å². The molecule has 150 valence electrons. The van der Waals surface area contributed by atoms with Gasteiger partial charge in [0.05, 0.1) is 25.5 Å². The lowest BCUT2D eigenvalue weighted by atomic mass is 10.0. The summed E-state index contributed by atoms with van der Waals surface area (Å²) in [4.78, 5) is 23.1. The Kier molecular flexibility index (Phi) is 7.87. The van der Waals surface area contributed by atoms with Crippen molar-refractivity contribution in [1.82, 2.24) is 10.2 Å². The van der Waals surface area contributed by atoms with E-state index < -0.39 is 0 Å². The van der Waals surface area contributed by atoms with Crippen molar-refractivity contribution in [3.63, 3.8) is 0 Å². The maximum Gasteiger partial charge on any atom is 0.319 e. The molecule has 1 aromatic rings. The van der Waals surface area contributed by atoms with Gasteiger partial charge in [0.2, 0.25) is 0 Å². The molecule has 0 saturated carbocycles. The van der Waals surface area contributed by atoms with Crippen LogP contribution in [0.3, 0.4) is 0 Å². The topological polar surface area (TPSA) is 100 Å². The number of ether oxygens (including phenoxy) is 2. The summed E-state index contributed by atoms with van der Waals surface area (Å²) in [5.74, 6) is 1.18. The van der Waals surface area contributed by atoms with Crippen LogP contribution >= 0.6 is 0 Å². The smallest absolute Gasteiger partial charge is 0.319 e. The summed E-state index contributed by atoms with van der Waals surface area (Å²) in [5.41, 5.74) is 0.677. The molecule has 2 fully saturated rings. The van der Waals surface area contributed by atoms with E-state index in [9.17, 15) is 4.79 Å². The molecular formula is C19H29N3O5. The zero-order valence-corrected chi connectivity index (χ0v) is 16.1. The average Bonchev–Trinajstić information content (AvgIpc) is 3.03. The Morgan fingerprint density at radius 1 is 1.37 bits per heavy atom. The first-order chi connectivity index (χ1) is 13.0. The Balaban J connectivity index is 0.000000817. The van der Waals surface area contributed by atoms with Crippen LogP contribution in [0, 0.1) is 5.92 Å². The fourth-order valence-corrected chi connectivity index (χ4v) is 3.50. The van der Waals surface area contributed by atoms with Gasteiger partial charge in [-0.25, -0.2) is 4.79 Å². The minimum absolute atomic E-state index is 0.152. The Bertz CT molecular complexity index is 625. The number of hydrogen-bond acceptors (Lipinski definition) is 5. The number of nitrogens with zero attached hydrogens (tertiary/aromatic N) is 1. The van der Waals surface area contributed by atoms with Gasteiger partial charge in [0.25, 0.3) is 6.47 Å². The third kappa shape index (κ3) is 5.83. The number of benzene rings is 1. The first kappa shape index (κ1) is 21.0. The van der Waals surface area contributed by atoms with Gasteiger partial charge in [0.15, 0.2) is 0 Å². The predicted octanol–water partition coefficient (Wildman–Crippen LogP) is 2.02. The van der Waals surface area contributed by atoms with Gasteiger partial charge in [-0.3, -0.25) is 9.69 Å². The van der Waals surface area contributed by atoms with Crippen LogP contribution in [0.25, 0.3) is 0 Å². The lowest BCUT2D eigenvalue weighted by molar-refractivity contribution is -0.122. The zero-order chi connectivity index (χ0) is 19.8. The van der Waals surface area contributed by atoms with Crippen LogP contribution in [-0.4, -0.2) is 67.5 Å². The van der Waals surface area contributed by atoms with Crippen molar-refractivity contribution in [1.29, 1.82) is 0 Å². The van der Waals surface area contributed by atoms with Crippen LogP contribution in [0.2, 0.25) is 0 Å². The molecule has 2 saturated heterocycles. The van der Waals surface area contributed by atoms with Crippen LogP contribution in [0.5, 0.6) is 5.75 Å². The number of anilines is 1. The largest absolute Gasteiger partial charge is 0.495 e. The van der Waals surface area contributed by atoms with E-state index in [4.69, 9.17) is 19.4 Å². The van der Waals surface area contributed by atoms with Crippen molar-refractivity contribution in [3.05, 3.63) is 24.3 Å². The normalized spacial score (nSPS) is 24.4. The molecule has 3 N–H and O–H groups in total. The number of carbonyl (C=O) groups excluding carboxylic acids is 1. The summed E-state index contributed by atoms with van der Waals surface area (Å²) in [6.45, 7) is 6.73. The highest BCUT2D eigenvalue weighted by Crippen LogP contribution is 2.26. The van der Waals surface area contributed by atoms with Gasteiger partial charge in [-0.2, -0.15) is 0 Å². The molecule has 27 heavy (non-hydrogen) atoms. The summed E-state index contributed by atoms with van der Waals surface area (Å²) in [7, 11) is 1.60. The number of amides is 2. The highest BCUT2D eigenvalue weighted by atomic mass is 16.5. The summed E-state index contributed by atoms with van der Waals surface area (Å²) < 4.78 is 11.2. The van der Waals surface area contributed by atoms with Crippen molar-refractivity contribution < 1.29 is 24.2 Å². The Labute approximate surface area is 159 Å². The van der Waals surface area contributed by atoms with Gasteiger partial charge in [-0.05, 0) is 24.5 Å². The molecule has 0 aliphatic carbocycles. The van der Waals surface area contributed by atoms with Crippen LogP contribution in [-0.2, 0) is 9.53 Å². The van der Waals surface area contributed by atoms with Gasteiger partial charge < -0.3 is 25.2 Å². The number of methoxy groups -OCH3 is 1. The standard InChI is InChI=1S/C18H27N3O3.CH2O2/c1-12(2)17-10-21-9-13(8-14(21)11-24-17)19-18(22)20-15-6-4-5-7-16(15)23-3;2-1-3/h4-7,12-14,17H,8-11H2,1-3H3,(H2,19,20,22);1H,(H,2,3)/t13-,14+,17+;/m1./s1. The fourth-order valence-electron chi connectivity index (χ4n) is 3.50. The minimum Gasteiger partial charge on any atom is -0.495 e. The number of urea groups is 1. The van der Waals surface area contributed by atoms with E-state index in [1.165, 1.54) is 0 Å². The van der Waals surface area contributed by atoms with Gasteiger partial charge in [-0.1, -0.05) is 26.0 Å². The van der Waals surface area contributed by atoms with E-state index in [2.05, 4.69) is 29.4 Å². The van der Waals surface area contributed by atoms with Crippen LogP contribution in [0.15, 0.2) is 24.3 Å². The van der Waals surface area contributed by atoms with E-state index in [1.54, 1.807) is 7.11 Å². The fraction of sp³-hybridized carbons (Fsp3) is 0.579. The third-order valence-electron chi connectivity index (χ3n) is 4.88. The second-order valence-corrected chi connectivity index (χ2v) is 7.06. The van der Waals surface area contributed by atoms with Gasteiger partial charge in [0, 0.05) is 25.2 Å². The Morgan fingerprint density at radius 2 is 2.07 bits per heavy atom. The molecule has 2 aliphatic heterocycles. The van der Waals surface area contributed by atoms with Crippen molar-refractivity contribution in [2.75, 3.05) is 32.1 Å². The molecule has 1 aromatic carbocycles. The van der Waals surface area contributed by atoms with Gasteiger partial charge in [0.1, 0.15) is 5.75 Å². The highest BCUT2D eigenvalue weighted by molar-refractivity contribution is 5.91. The van der Waals surface area contributed by atoms with E-state index in [-0.39, 0.29) is 18.5 Å². The number of carbonyl (C=O) groups is 2. The molecule has 0 radical (unpaired) electrons. The number of nitrogens with one attached hydrogen (secondary N) is 2. The second-order valence-electron chi connectivity index (χ2n) is 7.06. The summed E-state index contributed by atoms with van der Waals surface area (Å²) in [6, 6.07) is 7.78. The second kappa shape index (κ2) is 10.1. The quantitative estimate of drug-likeness (QED) is 0.692. The summed E-state index contributed by atoms with van der Waals surface area (Å²) in [6.07, 6.45) is 1.23. The van der Waals surface area contributed by atoms with Crippen LogP contribution in [0.4, 0.5) is 10.5 Å².